The van der Waals surface area contributed by atoms with E-state index >= 15 is 0 Å². The van der Waals surface area contributed by atoms with Gasteiger partial charge in [-0.15, -0.1) is 0 Å². The molecular weight excluding hydrogens is 423 g/mol. The van der Waals surface area contributed by atoms with Gasteiger partial charge in [0.25, 0.3) is 11.5 Å². The van der Waals surface area contributed by atoms with Crippen molar-refractivity contribution in [2.24, 2.45) is 0 Å². The number of nitrogens with one attached hydrogen (secondary N) is 1. The summed E-state index contributed by atoms with van der Waals surface area (Å²) < 4.78 is 43.6. The minimum absolute atomic E-state index is 0.0464. The van der Waals surface area contributed by atoms with Crippen LogP contribution in [-0.4, -0.2) is 28.5 Å². The highest BCUT2D eigenvalue weighted by Crippen LogP contribution is 2.27. The van der Waals surface area contributed by atoms with Crippen LogP contribution in [0.4, 0.5) is 18.9 Å². The Morgan fingerprint density at radius 2 is 1.53 bits per heavy atom. The molecule has 1 N–H and O–H groups in total. The highest BCUT2D eigenvalue weighted by Gasteiger charge is 2.29. The van der Waals surface area contributed by atoms with E-state index in [2.05, 4.69) is 10.4 Å². The van der Waals surface area contributed by atoms with Gasteiger partial charge in [-0.2, -0.15) is 23.0 Å². The molecule has 0 bridgehead atoms. The first-order valence-electron chi connectivity index (χ1n) is 9.51. The minimum Gasteiger partial charge on any atom is -0.482 e. The van der Waals surface area contributed by atoms with E-state index in [4.69, 9.17) is 4.74 Å². The summed E-state index contributed by atoms with van der Waals surface area (Å²) in [6.45, 7) is -1.50. The van der Waals surface area contributed by atoms with Gasteiger partial charge in [0.2, 0.25) is 0 Å². The lowest BCUT2D eigenvalue weighted by molar-refractivity contribution is -0.153. The third kappa shape index (κ3) is 4.46. The van der Waals surface area contributed by atoms with Crippen LogP contribution < -0.4 is 15.6 Å². The molecule has 0 aliphatic heterocycles. The number of amides is 1. The van der Waals surface area contributed by atoms with Crippen LogP contribution in [0, 0.1) is 0 Å². The number of para-hydroxylation sites is 3. The summed E-state index contributed by atoms with van der Waals surface area (Å²) in [6.07, 6.45) is -4.53. The maximum absolute atomic E-state index is 13.1. The van der Waals surface area contributed by atoms with Crippen LogP contribution in [0.2, 0.25) is 0 Å². The van der Waals surface area contributed by atoms with Crippen LogP contribution in [0.15, 0.2) is 83.7 Å². The number of ether oxygens (including phenoxy) is 1. The van der Waals surface area contributed by atoms with Crippen LogP contribution >= 0.6 is 0 Å². The lowest BCUT2D eigenvalue weighted by atomic mass is 10.1. The van der Waals surface area contributed by atoms with Gasteiger partial charge in [-0.3, -0.25) is 9.59 Å². The monoisotopic (exact) mass is 439 g/mol. The number of aromatic nitrogens is 2. The van der Waals surface area contributed by atoms with Crippen LogP contribution in [-0.2, 0) is 0 Å². The Labute approximate surface area is 179 Å². The maximum Gasteiger partial charge on any atom is 0.422 e. The van der Waals surface area contributed by atoms with E-state index in [1.807, 2.05) is 0 Å². The zero-order chi connectivity index (χ0) is 22.7. The number of anilines is 1. The van der Waals surface area contributed by atoms with Gasteiger partial charge in [0.15, 0.2) is 12.3 Å². The zero-order valence-electron chi connectivity index (χ0n) is 16.5. The number of benzene rings is 3. The Hall–Kier alpha value is -4.14. The van der Waals surface area contributed by atoms with Gasteiger partial charge in [0.05, 0.1) is 16.8 Å². The molecular formula is C23H16F3N3O3. The van der Waals surface area contributed by atoms with Crippen molar-refractivity contribution >= 4 is 22.4 Å². The Balaban J connectivity index is 1.76. The Morgan fingerprint density at radius 1 is 0.906 bits per heavy atom. The summed E-state index contributed by atoms with van der Waals surface area (Å²) in [5, 5.41) is 7.39. The van der Waals surface area contributed by atoms with Crippen molar-refractivity contribution in [3.63, 3.8) is 0 Å². The van der Waals surface area contributed by atoms with Gasteiger partial charge in [-0.25, -0.2) is 0 Å². The summed E-state index contributed by atoms with van der Waals surface area (Å²) in [6, 6.07) is 20.8. The Bertz CT molecular complexity index is 1340. The normalized spacial score (nSPS) is 11.3. The molecule has 0 atom stereocenters. The average Bonchev–Trinajstić information content (AvgIpc) is 2.79. The molecule has 0 aliphatic rings. The number of hydrogen-bond donors (Lipinski definition) is 1. The van der Waals surface area contributed by atoms with Crippen molar-refractivity contribution in [2.45, 2.75) is 6.18 Å². The van der Waals surface area contributed by atoms with Crippen molar-refractivity contribution in [3.8, 4) is 11.4 Å². The molecule has 3 aromatic carbocycles. The highest BCUT2D eigenvalue weighted by atomic mass is 19.4. The largest absolute Gasteiger partial charge is 0.482 e. The average molecular weight is 439 g/mol. The number of hydrogen-bond acceptors (Lipinski definition) is 4. The summed E-state index contributed by atoms with van der Waals surface area (Å²) >= 11 is 0. The first kappa shape index (κ1) is 21.1. The number of alkyl halides is 3. The number of carbonyl (C=O) groups excluding carboxylic acids is 1. The van der Waals surface area contributed by atoms with Gasteiger partial charge in [0, 0.05) is 5.39 Å². The molecule has 0 aliphatic carbocycles. The van der Waals surface area contributed by atoms with Crippen molar-refractivity contribution in [1.82, 2.24) is 9.78 Å². The summed E-state index contributed by atoms with van der Waals surface area (Å²) in [7, 11) is 0. The van der Waals surface area contributed by atoms with Crippen LogP contribution in [0.5, 0.6) is 5.75 Å². The van der Waals surface area contributed by atoms with Gasteiger partial charge in [-0.1, -0.05) is 48.5 Å². The number of rotatable bonds is 5. The van der Waals surface area contributed by atoms with E-state index in [1.165, 1.54) is 18.2 Å². The van der Waals surface area contributed by atoms with Gasteiger partial charge < -0.3 is 10.1 Å². The number of carbonyl (C=O) groups is 1. The molecule has 0 unspecified atom stereocenters. The third-order valence-electron chi connectivity index (χ3n) is 4.55. The quantitative estimate of drug-likeness (QED) is 0.494. The maximum atomic E-state index is 13.1. The van der Waals surface area contributed by atoms with Crippen LogP contribution in [0.1, 0.15) is 10.5 Å². The fourth-order valence-corrected chi connectivity index (χ4v) is 3.14. The van der Waals surface area contributed by atoms with E-state index in [9.17, 15) is 22.8 Å². The summed E-state index contributed by atoms with van der Waals surface area (Å²) in [5.74, 6) is -0.840. The first-order valence-corrected chi connectivity index (χ1v) is 9.51. The molecule has 0 radical (unpaired) electrons. The SMILES string of the molecule is O=C(Nc1ccccc1OCC(F)(F)F)c1nn(-c2ccccc2)c(=O)c2ccccc12. The van der Waals surface area contributed by atoms with Gasteiger partial charge >= 0.3 is 6.18 Å². The molecule has 4 aromatic rings. The van der Waals surface area contributed by atoms with Crippen molar-refractivity contribution in [1.29, 1.82) is 0 Å². The summed E-state index contributed by atoms with van der Waals surface area (Å²) in [4.78, 5) is 26.0. The lowest BCUT2D eigenvalue weighted by Gasteiger charge is -2.15. The fraction of sp³-hybridized carbons (Fsp3) is 0.0870. The van der Waals surface area contributed by atoms with Crippen molar-refractivity contribution < 1.29 is 22.7 Å². The molecule has 6 nitrogen and oxygen atoms in total. The fourth-order valence-electron chi connectivity index (χ4n) is 3.14. The highest BCUT2D eigenvalue weighted by molar-refractivity contribution is 6.11. The molecule has 0 fully saturated rings. The predicted octanol–water partition coefficient (Wildman–Crippen LogP) is 4.58. The van der Waals surface area contributed by atoms with E-state index in [0.29, 0.717) is 11.1 Å². The van der Waals surface area contributed by atoms with E-state index in [0.717, 1.165) is 4.68 Å². The Morgan fingerprint density at radius 3 is 2.25 bits per heavy atom. The molecule has 1 amide bonds. The van der Waals surface area contributed by atoms with Gasteiger partial charge in [-0.05, 0) is 30.3 Å². The number of nitrogens with zero attached hydrogens (tertiary/aromatic N) is 2. The molecule has 1 heterocycles. The second kappa shape index (κ2) is 8.54. The number of halogens is 3. The molecule has 0 saturated carbocycles. The number of fused-ring (bicyclic) bond motifs is 1. The first-order chi connectivity index (χ1) is 15.3. The van der Waals surface area contributed by atoms with Gasteiger partial charge in [0.1, 0.15) is 5.75 Å². The standard InChI is InChI=1S/C23H16F3N3O3/c24-23(25,26)14-32-19-13-7-6-12-18(19)27-21(30)20-16-10-4-5-11-17(16)22(31)29(28-20)15-8-2-1-3-9-15/h1-13H,14H2,(H,27,30). The second-order valence-corrected chi connectivity index (χ2v) is 6.80. The van der Waals surface area contributed by atoms with E-state index < -0.39 is 24.2 Å². The topological polar surface area (TPSA) is 73.2 Å². The minimum atomic E-state index is -4.53. The molecule has 0 spiro atoms. The zero-order valence-corrected chi connectivity index (χ0v) is 16.5. The molecule has 32 heavy (non-hydrogen) atoms. The molecule has 4 rings (SSSR count). The molecule has 162 valence electrons. The Kier molecular flexibility index (Phi) is 5.63. The third-order valence-corrected chi connectivity index (χ3v) is 4.55. The lowest BCUT2D eigenvalue weighted by Crippen LogP contribution is -2.26. The predicted molar refractivity (Wildman–Crippen MR) is 113 cm³/mol. The molecule has 1 aromatic heterocycles. The van der Waals surface area contributed by atoms with E-state index in [-0.39, 0.29) is 22.5 Å². The molecule has 0 saturated heterocycles. The van der Waals surface area contributed by atoms with Crippen molar-refractivity contribution in [3.05, 3.63) is 94.9 Å². The summed E-state index contributed by atoms with van der Waals surface area (Å²) in [5.41, 5.74) is 0.0447. The van der Waals surface area contributed by atoms with Crippen molar-refractivity contribution in [2.75, 3.05) is 11.9 Å². The van der Waals surface area contributed by atoms with Crippen LogP contribution in [0.25, 0.3) is 16.5 Å². The van der Waals surface area contributed by atoms with Crippen LogP contribution in [0.3, 0.4) is 0 Å². The molecule has 9 heteroatoms. The second-order valence-electron chi connectivity index (χ2n) is 6.80. The van der Waals surface area contributed by atoms with E-state index in [1.54, 1.807) is 60.7 Å². The smallest absolute Gasteiger partial charge is 0.422 e.